The molecule has 0 aliphatic heterocycles. The van der Waals surface area contributed by atoms with Crippen LogP contribution in [-0.2, 0) is 11.0 Å². The number of anilines is 1. The highest BCUT2D eigenvalue weighted by Crippen LogP contribution is 2.27. The van der Waals surface area contributed by atoms with Crippen molar-refractivity contribution in [2.75, 3.05) is 18.4 Å². The molecule has 4 aromatic rings. The highest BCUT2D eigenvalue weighted by molar-refractivity contribution is 7.83. The van der Waals surface area contributed by atoms with Crippen molar-refractivity contribution in [3.63, 3.8) is 0 Å². The summed E-state index contributed by atoms with van der Waals surface area (Å²) in [6.07, 6.45) is 0. The van der Waals surface area contributed by atoms with Crippen molar-refractivity contribution in [1.29, 1.82) is 0 Å². The molecule has 4 rings (SSSR count). The molecule has 182 valence electrons. The first-order valence-electron chi connectivity index (χ1n) is 10.1. The maximum Gasteiger partial charge on any atom is 0.201 e. The number of benzene rings is 3. The van der Waals surface area contributed by atoms with Gasteiger partial charge in [-0.25, -0.2) is 32.1 Å². The quantitative estimate of drug-likeness (QED) is 0.102. The topological polar surface area (TPSA) is 114 Å². The standard InChI is InChI=1S/C22H18ClF3N6O2S/c23-15-10-12(6-7-16(15)24)29-21(32-33)14-11-17(25)18(26)20-19(14)30-22(31-20)27-8-9-28-35(34)13-4-2-1-3-5-13/h1-7,10-11,28,33H,8-9H2,(H,29,32)(H2,27,30,31). The van der Waals surface area contributed by atoms with Crippen LogP contribution >= 0.6 is 11.6 Å². The smallest absolute Gasteiger partial charge is 0.201 e. The Hall–Kier alpha value is -3.45. The molecule has 13 heteroatoms. The van der Waals surface area contributed by atoms with Gasteiger partial charge in [-0.05, 0) is 36.4 Å². The van der Waals surface area contributed by atoms with Crippen molar-refractivity contribution < 1.29 is 22.6 Å². The Bertz CT molecular complexity index is 1420. The highest BCUT2D eigenvalue weighted by Gasteiger charge is 2.20. The molecule has 3 aromatic carbocycles. The Kier molecular flexibility index (Phi) is 7.66. The number of aromatic amines is 1. The van der Waals surface area contributed by atoms with Crippen molar-refractivity contribution in [3.8, 4) is 0 Å². The number of H-pyrrole nitrogens is 1. The summed E-state index contributed by atoms with van der Waals surface area (Å²) in [5.41, 5.74) is 1.67. The van der Waals surface area contributed by atoms with Crippen LogP contribution in [0, 0.1) is 17.5 Å². The second-order valence-corrected chi connectivity index (χ2v) is 8.81. The number of aliphatic imine (C=N–C) groups is 1. The van der Waals surface area contributed by atoms with Crippen molar-refractivity contribution in [3.05, 3.63) is 82.6 Å². The number of nitrogens with zero attached hydrogens (tertiary/aromatic N) is 2. The van der Waals surface area contributed by atoms with Crippen LogP contribution in [0.25, 0.3) is 11.0 Å². The fourth-order valence-corrected chi connectivity index (χ4v) is 4.19. The first-order chi connectivity index (χ1) is 16.9. The van der Waals surface area contributed by atoms with E-state index in [0.717, 1.165) is 12.1 Å². The van der Waals surface area contributed by atoms with Crippen molar-refractivity contribution in [1.82, 2.24) is 20.2 Å². The molecule has 5 N–H and O–H groups in total. The number of hydrogen-bond acceptors (Lipinski definition) is 5. The molecule has 0 radical (unpaired) electrons. The van der Waals surface area contributed by atoms with E-state index >= 15 is 0 Å². The van der Waals surface area contributed by atoms with E-state index in [4.69, 9.17) is 11.6 Å². The fourth-order valence-electron chi connectivity index (χ4n) is 3.15. The van der Waals surface area contributed by atoms with E-state index in [1.807, 2.05) is 11.5 Å². The zero-order chi connectivity index (χ0) is 24.9. The molecular formula is C22H18ClF3N6O2S. The number of hydroxylamine groups is 1. The molecule has 0 saturated heterocycles. The Morgan fingerprint density at radius 2 is 1.86 bits per heavy atom. The zero-order valence-electron chi connectivity index (χ0n) is 17.8. The third-order valence-electron chi connectivity index (χ3n) is 4.77. The van der Waals surface area contributed by atoms with Gasteiger partial charge in [0.05, 0.1) is 21.1 Å². The molecule has 0 bridgehead atoms. The number of rotatable bonds is 8. The molecular weight excluding hydrogens is 505 g/mol. The summed E-state index contributed by atoms with van der Waals surface area (Å²) < 4.78 is 57.2. The van der Waals surface area contributed by atoms with Gasteiger partial charge in [0.2, 0.25) is 5.95 Å². The third kappa shape index (κ3) is 5.62. The summed E-state index contributed by atoms with van der Waals surface area (Å²) in [5, 5.41) is 12.3. The van der Waals surface area contributed by atoms with Crippen LogP contribution in [0.1, 0.15) is 5.56 Å². The normalized spacial score (nSPS) is 12.7. The highest BCUT2D eigenvalue weighted by atomic mass is 35.5. The van der Waals surface area contributed by atoms with Gasteiger partial charge >= 0.3 is 0 Å². The summed E-state index contributed by atoms with van der Waals surface area (Å²) in [4.78, 5) is 11.6. The van der Waals surface area contributed by atoms with Gasteiger partial charge in [0.15, 0.2) is 17.5 Å². The largest absolute Gasteiger partial charge is 0.354 e. The molecule has 1 aromatic heterocycles. The summed E-state index contributed by atoms with van der Waals surface area (Å²) >= 11 is 5.76. The molecule has 0 fully saturated rings. The van der Waals surface area contributed by atoms with Crippen LogP contribution in [0.5, 0.6) is 0 Å². The lowest BCUT2D eigenvalue weighted by atomic mass is 10.1. The van der Waals surface area contributed by atoms with Crippen LogP contribution < -0.4 is 15.5 Å². The predicted molar refractivity (Wildman–Crippen MR) is 128 cm³/mol. The maximum atomic E-state index is 14.4. The Morgan fingerprint density at radius 3 is 2.57 bits per heavy atom. The first-order valence-corrected chi connectivity index (χ1v) is 11.7. The Balaban J connectivity index is 1.56. The van der Waals surface area contributed by atoms with Gasteiger partial charge in [0.1, 0.15) is 22.3 Å². The van der Waals surface area contributed by atoms with Crippen LogP contribution in [0.3, 0.4) is 0 Å². The van der Waals surface area contributed by atoms with Crippen LogP contribution in [0.15, 0.2) is 64.5 Å². The second kappa shape index (κ2) is 10.9. The Morgan fingerprint density at radius 1 is 1.09 bits per heavy atom. The van der Waals surface area contributed by atoms with E-state index in [1.54, 1.807) is 24.3 Å². The second-order valence-electron chi connectivity index (χ2n) is 7.10. The molecule has 35 heavy (non-hydrogen) atoms. The molecule has 1 atom stereocenters. The van der Waals surface area contributed by atoms with E-state index in [0.29, 0.717) is 4.90 Å². The van der Waals surface area contributed by atoms with E-state index in [9.17, 15) is 22.6 Å². The number of halogens is 4. The summed E-state index contributed by atoms with van der Waals surface area (Å²) in [6.45, 7) is 0.531. The van der Waals surface area contributed by atoms with Crippen molar-refractivity contribution in [2.45, 2.75) is 4.90 Å². The zero-order valence-corrected chi connectivity index (χ0v) is 19.4. The fraction of sp³-hybridized carbons (Fsp3) is 0.0909. The SMILES string of the molecule is O=S(NCCNc1nc2c(F)c(F)cc(C(=Nc3ccc(F)c(Cl)c3)NO)c2[nH]1)c1ccccc1. The van der Waals surface area contributed by atoms with Gasteiger partial charge in [0.25, 0.3) is 0 Å². The molecule has 1 heterocycles. The molecule has 0 saturated carbocycles. The average molecular weight is 523 g/mol. The number of fused-ring (bicyclic) bond motifs is 1. The van der Waals surface area contributed by atoms with Gasteiger partial charge < -0.3 is 10.3 Å². The van der Waals surface area contributed by atoms with Gasteiger partial charge in [-0.15, -0.1) is 0 Å². The predicted octanol–water partition coefficient (Wildman–Crippen LogP) is 4.42. The number of imidazole rings is 1. The molecule has 0 amide bonds. The maximum absolute atomic E-state index is 14.4. The molecule has 0 spiro atoms. The minimum atomic E-state index is -1.41. The molecule has 0 aliphatic rings. The summed E-state index contributed by atoms with van der Waals surface area (Å²) in [6, 6.07) is 13.2. The van der Waals surface area contributed by atoms with E-state index < -0.39 is 28.4 Å². The lowest BCUT2D eigenvalue weighted by Crippen LogP contribution is -2.24. The lowest BCUT2D eigenvalue weighted by molar-refractivity contribution is 0.235. The minimum absolute atomic E-state index is 0.0364. The van der Waals surface area contributed by atoms with Crippen molar-refractivity contribution in [2.24, 2.45) is 4.99 Å². The van der Waals surface area contributed by atoms with Gasteiger partial charge in [-0.1, -0.05) is 29.8 Å². The molecule has 0 aliphatic carbocycles. The van der Waals surface area contributed by atoms with Crippen LogP contribution in [-0.4, -0.2) is 38.3 Å². The average Bonchev–Trinajstić information content (AvgIpc) is 3.30. The minimum Gasteiger partial charge on any atom is -0.354 e. The monoisotopic (exact) mass is 522 g/mol. The van der Waals surface area contributed by atoms with Crippen LogP contribution in [0.4, 0.5) is 24.8 Å². The van der Waals surface area contributed by atoms with Crippen molar-refractivity contribution >= 4 is 51.1 Å². The van der Waals surface area contributed by atoms with E-state index in [1.165, 1.54) is 12.1 Å². The first kappa shape index (κ1) is 24.7. The van der Waals surface area contributed by atoms with Gasteiger partial charge in [-0.3, -0.25) is 10.7 Å². The molecule has 1 unspecified atom stereocenters. The number of hydrogen-bond donors (Lipinski definition) is 5. The van der Waals surface area contributed by atoms with Gasteiger partial charge in [0, 0.05) is 18.7 Å². The number of amidine groups is 1. The molecule has 8 nitrogen and oxygen atoms in total. The van der Waals surface area contributed by atoms with Gasteiger partial charge in [-0.2, -0.15) is 0 Å². The summed E-state index contributed by atoms with van der Waals surface area (Å²) in [7, 11) is -1.41. The van der Waals surface area contributed by atoms with E-state index in [2.05, 4.69) is 25.0 Å². The number of nitrogens with one attached hydrogen (secondary N) is 4. The van der Waals surface area contributed by atoms with E-state index in [-0.39, 0.29) is 52.2 Å². The number of aromatic nitrogens is 2. The lowest BCUT2D eigenvalue weighted by Gasteiger charge is -2.08. The summed E-state index contributed by atoms with van der Waals surface area (Å²) in [5.74, 6) is -3.22. The van der Waals surface area contributed by atoms with Crippen LogP contribution in [0.2, 0.25) is 5.02 Å². The Labute approximate surface area is 204 Å². The third-order valence-corrected chi connectivity index (χ3v) is 6.23.